The molecule has 0 amide bonds. The van der Waals surface area contributed by atoms with E-state index in [4.69, 9.17) is 0 Å². The van der Waals surface area contributed by atoms with Gasteiger partial charge in [-0.05, 0) is 30.3 Å². The molecule has 0 aliphatic carbocycles. The van der Waals surface area contributed by atoms with Gasteiger partial charge in [0.15, 0.2) is 0 Å². The monoisotopic (exact) mass is 356 g/mol. The average Bonchev–Trinajstić information content (AvgIpc) is 3.21. The number of hydrogen-bond acceptors (Lipinski definition) is 4. The first kappa shape index (κ1) is 15.0. The van der Waals surface area contributed by atoms with Crippen LogP contribution in [0.3, 0.4) is 0 Å². The van der Waals surface area contributed by atoms with Crippen LogP contribution in [0, 0.1) is 0 Å². The van der Waals surface area contributed by atoms with Crippen molar-refractivity contribution in [2.75, 3.05) is 0 Å². The van der Waals surface area contributed by atoms with Crippen LogP contribution in [0.25, 0.3) is 10.9 Å². The molecule has 0 fully saturated rings. The minimum Gasteiger partial charge on any atom is -0.248 e. The Bertz CT molecular complexity index is 1130. The summed E-state index contributed by atoms with van der Waals surface area (Å²) in [6, 6.07) is 15.3. The van der Waals surface area contributed by atoms with Gasteiger partial charge in [0.1, 0.15) is 5.04 Å². The molecule has 1 aliphatic rings. The highest BCUT2D eigenvalue weighted by atomic mass is 32.2. The van der Waals surface area contributed by atoms with E-state index in [0.717, 1.165) is 10.9 Å². The summed E-state index contributed by atoms with van der Waals surface area (Å²) in [5.41, 5.74) is 1.29. The number of aromatic nitrogens is 1. The number of hydrogen-bond donors (Lipinski definition) is 0. The third-order valence-corrected chi connectivity index (χ3v) is 6.56. The second-order valence-corrected chi connectivity index (χ2v) is 8.29. The normalized spacial score (nSPS) is 17.3. The predicted molar refractivity (Wildman–Crippen MR) is 94.8 cm³/mol. The smallest absolute Gasteiger partial charge is 0.248 e. The summed E-state index contributed by atoms with van der Waals surface area (Å²) in [6.45, 7) is 0. The predicted octanol–water partition coefficient (Wildman–Crippen LogP) is 2.86. The van der Waals surface area contributed by atoms with Gasteiger partial charge in [0.2, 0.25) is 0 Å². The topological polar surface area (TPSA) is 68.5 Å². The summed E-state index contributed by atoms with van der Waals surface area (Å²) in [6.07, 6.45) is 3.04. The third kappa shape index (κ3) is 2.33. The first-order valence-electron chi connectivity index (χ1n) is 7.14. The van der Waals surface area contributed by atoms with Crippen LogP contribution in [0.5, 0.6) is 0 Å². The lowest BCUT2D eigenvalue weighted by Gasteiger charge is -2.08. The highest BCUT2D eigenvalue weighted by Crippen LogP contribution is 2.24. The minimum atomic E-state index is -3.65. The standard InChI is InChI=1S/C17H12N2O3S2/c20-23-11-9-18-17(23)14-6-7-16-13(12-14)8-10-19(16)24(21,22)15-4-2-1-3-5-15/h1-12H. The van der Waals surface area contributed by atoms with Crippen molar-refractivity contribution in [2.45, 2.75) is 4.90 Å². The van der Waals surface area contributed by atoms with Gasteiger partial charge in [-0.2, -0.15) is 0 Å². The number of aliphatic imine (C=N–C) groups is 1. The lowest BCUT2D eigenvalue weighted by Crippen LogP contribution is -2.11. The van der Waals surface area contributed by atoms with Gasteiger partial charge in [-0.3, -0.25) is 0 Å². The quantitative estimate of drug-likeness (QED) is 0.725. The van der Waals surface area contributed by atoms with E-state index in [1.165, 1.54) is 21.8 Å². The maximum absolute atomic E-state index is 12.8. The van der Waals surface area contributed by atoms with E-state index in [-0.39, 0.29) is 4.90 Å². The molecule has 0 saturated carbocycles. The largest absolute Gasteiger partial charge is 0.268 e. The molecule has 7 heteroatoms. The molecule has 2 heterocycles. The Balaban J connectivity index is 1.84. The highest BCUT2D eigenvalue weighted by Gasteiger charge is 2.20. The maximum Gasteiger partial charge on any atom is 0.268 e. The maximum atomic E-state index is 12.8. The molecule has 1 atom stereocenters. The Morgan fingerprint density at radius 1 is 1.00 bits per heavy atom. The molecule has 24 heavy (non-hydrogen) atoms. The molecule has 0 N–H and O–H groups in total. The Morgan fingerprint density at radius 2 is 1.79 bits per heavy atom. The summed E-state index contributed by atoms with van der Waals surface area (Å²) in [4.78, 5) is 4.34. The summed E-state index contributed by atoms with van der Waals surface area (Å²) in [7, 11) is -4.90. The first-order chi connectivity index (χ1) is 11.6. The van der Waals surface area contributed by atoms with E-state index < -0.39 is 20.8 Å². The molecule has 120 valence electrons. The second kappa shape index (κ2) is 5.54. The Labute approximate surface area is 141 Å². The molecule has 1 unspecified atom stereocenters. The van der Waals surface area contributed by atoms with Gasteiger partial charge in [0, 0.05) is 28.8 Å². The molecule has 0 radical (unpaired) electrons. The van der Waals surface area contributed by atoms with Crippen LogP contribution >= 0.6 is 0 Å². The molecule has 1 aromatic heterocycles. The summed E-state index contributed by atoms with van der Waals surface area (Å²) < 4.78 is 38.7. The Hall–Kier alpha value is -2.51. The molecule has 0 bridgehead atoms. The number of fused-ring (bicyclic) bond motifs is 1. The zero-order valence-electron chi connectivity index (χ0n) is 12.4. The fraction of sp³-hybridized carbons (Fsp3) is 0. The molecular formula is C17H12N2O3S2. The lowest BCUT2D eigenvalue weighted by molar-refractivity contribution is 0.589. The van der Waals surface area contributed by atoms with E-state index >= 15 is 0 Å². The van der Waals surface area contributed by atoms with Crippen molar-refractivity contribution < 1.29 is 12.6 Å². The van der Waals surface area contributed by atoms with Crippen LogP contribution in [-0.2, 0) is 20.8 Å². The first-order valence-corrected chi connectivity index (χ1v) is 9.80. The van der Waals surface area contributed by atoms with Crippen LogP contribution in [0.4, 0.5) is 0 Å². The zero-order chi connectivity index (χ0) is 16.7. The second-order valence-electron chi connectivity index (χ2n) is 5.22. The van der Waals surface area contributed by atoms with Crippen molar-refractivity contribution in [2.24, 2.45) is 4.99 Å². The van der Waals surface area contributed by atoms with E-state index in [1.807, 2.05) is 0 Å². The third-order valence-electron chi connectivity index (χ3n) is 3.77. The molecule has 5 nitrogen and oxygen atoms in total. The van der Waals surface area contributed by atoms with Crippen molar-refractivity contribution in [3.05, 3.63) is 78.0 Å². The van der Waals surface area contributed by atoms with Gasteiger partial charge in [-0.25, -0.2) is 21.6 Å². The van der Waals surface area contributed by atoms with Crippen LogP contribution in [-0.4, -0.2) is 21.6 Å². The van der Waals surface area contributed by atoms with Gasteiger partial charge in [-0.15, -0.1) is 0 Å². The lowest BCUT2D eigenvalue weighted by atomic mass is 10.2. The van der Waals surface area contributed by atoms with Crippen molar-refractivity contribution in [1.82, 2.24) is 3.97 Å². The molecule has 0 spiro atoms. The summed E-state index contributed by atoms with van der Waals surface area (Å²) in [5.74, 6) is 0. The van der Waals surface area contributed by atoms with Crippen molar-refractivity contribution in [1.29, 1.82) is 0 Å². The molecule has 3 aromatic rings. The number of rotatable bonds is 3. The molecular weight excluding hydrogens is 344 g/mol. The number of benzene rings is 2. The van der Waals surface area contributed by atoms with Gasteiger partial charge >= 0.3 is 0 Å². The van der Waals surface area contributed by atoms with E-state index in [0.29, 0.717) is 10.6 Å². The molecule has 1 aliphatic heterocycles. The van der Waals surface area contributed by atoms with Crippen molar-refractivity contribution in [3.63, 3.8) is 0 Å². The van der Waals surface area contributed by atoms with E-state index in [2.05, 4.69) is 4.99 Å². The molecule has 4 rings (SSSR count). The average molecular weight is 356 g/mol. The van der Waals surface area contributed by atoms with Crippen molar-refractivity contribution >= 4 is 36.8 Å². The summed E-state index contributed by atoms with van der Waals surface area (Å²) >= 11 is 0. The molecule has 2 aromatic carbocycles. The van der Waals surface area contributed by atoms with Gasteiger partial charge in [-0.1, -0.05) is 24.3 Å². The number of nitrogens with zero attached hydrogens (tertiary/aromatic N) is 2. The van der Waals surface area contributed by atoms with Crippen molar-refractivity contribution in [3.8, 4) is 0 Å². The van der Waals surface area contributed by atoms with E-state index in [9.17, 15) is 12.6 Å². The van der Waals surface area contributed by atoms with Crippen LogP contribution < -0.4 is 0 Å². The van der Waals surface area contributed by atoms with Gasteiger partial charge < -0.3 is 0 Å². The highest BCUT2D eigenvalue weighted by molar-refractivity contribution is 8.04. The zero-order valence-corrected chi connectivity index (χ0v) is 14.0. The van der Waals surface area contributed by atoms with Crippen LogP contribution in [0.2, 0.25) is 0 Å². The Kier molecular flexibility index (Phi) is 3.47. The van der Waals surface area contributed by atoms with Gasteiger partial charge in [0.05, 0.1) is 21.2 Å². The fourth-order valence-corrected chi connectivity index (χ4v) is 4.82. The SMILES string of the molecule is O=S1C=CN=C1c1ccc2c(ccn2S(=O)(=O)c2ccccc2)c1. The molecule has 0 saturated heterocycles. The van der Waals surface area contributed by atoms with Crippen LogP contribution in [0.1, 0.15) is 5.56 Å². The summed E-state index contributed by atoms with van der Waals surface area (Å²) in [5, 5.41) is 2.75. The van der Waals surface area contributed by atoms with Gasteiger partial charge in [0.25, 0.3) is 10.0 Å². The fourth-order valence-electron chi connectivity index (χ4n) is 2.63. The Morgan fingerprint density at radius 3 is 2.50 bits per heavy atom. The minimum absolute atomic E-state index is 0.233. The van der Waals surface area contributed by atoms with E-state index in [1.54, 1.807) is 54.6 Å². The van der Waals surface area contributed by atoms with Crippen LogP contribution in [0.15, 0.2) is 82.3 Å².